The molecule has 1 aromatic heterocycles. The Hall–Kier alpha value is -1.25. The summed E-state index contributed by atoms with van der Waals surface area (Å²) in [6, 6.07) is 0. The molecule has 0 saturated carbocycles. The number of aromatic nitrogens is 1. The van der Waals surface area contributed by atoms with Crippen LogP contribution in [0.2, 0.25) is 0 Å². The van der Waals surface area contributed by atoms with Crippen LogP contribution in [0.1, 0.15) is 22.3 Å². The molecule has 3 heteroatoms. The molecular formula is C8H10N2O. The van der Waals surface area contributed by atoms with Crippen LogP contribution in [-0.4, -0.2) is 17.4 Å². The lowest BCUT2D eigenvalue weighted by atomic mass is 10.1. The van der Waals surface area contributed by atoms with Gasteiger partial charge in [-0.15, -0.1) is 0 Å². The first kappa shape index (κ1) is 6.46. The maximum atomic E-state index is 11.2. The summed E-state index contributed by atoms with van der Waals surface area (Å²) >= 11 is 0. The minimum Gasteiger partial charge on any atom is -0.367 e. The van der Waals surface area contributed by atoms with Crippen molar-refractivity contribution in [3.63, 3.8) is 0 Å². The number of amides is 1. The van der Waals surface area contributed by atoms with E-state index >= 15 is 0 Å². The van der Waals surface area contributed by atoms with Crippen LogP contribution in [0, 0.1) is 0 Å². The molecule has 2 heterocycles. The molecule has 2 N–H and O–H groups in total. The van der Waals surface area contributed by atoms with Crippen LogP contribution in [0.25, 0.3) is 0 Å². The Morgan fingerprint density at radius 3 is 3.18 bits per heavy atom. The number of carbonyl (C=O) groups is 1. The lowest BCUT2D eigenvalue weighted by molar-refractivity contribution is 0.0956. The Balaban J connectivity index is 2.41. The minimum absolute atomic E-state index is 0.0544. The first-order chi connectivity index (χ1) is 5.38. The second-order valence-electron chi connectivity index (χ2n) is 2.75. The SMILES string of the molecule is O=C1NCCCc2c[nH]cc21. The first-order valence-electron chi connectivity index (χ1n) is 3.82. The van der Waals surface area contributed by atoms with Gasteiger partial charge in [-0.1, -0.05) is 0 Å². The van der Waals surface area contributed by atoms with Gasteiger partial charge in [-0.25, -0.2) is 0 Å². The molecule has 1 aliphatic rings. The summed E-state index contributed by atoms with van der Waals surface area (Å²) in [6.07, 6.45) is 5.70. The Kier molecular flexibility index (Phi) is 1.42. The van der Waals surface area contributed by atoms with Gasteiger partial charge in [0.1, 0.15) is 0 Å². The number of H-pyrrole nitrogens is 1. The van der Waals surface area contributed by atoms with E-state index in [9.17, 15) is 4.79 Å². The predicted molar refractivity (Wildman–Crippen MR) is 41.4 cm³/mol. The Morgan fingerprint density at radius 1 is 1.36 bits per heavy atom. The van der Waals surface area contributed by atoms with Crippen molar-refractivity contribution >= 4 is 5.91 Å². The highest BCUT2D eigenvalue weighted by Crippen LogP contribution is 2.12. The molecule has 0 saturated heterocycles. The van der Waals surface area contributed by atoms with Crippen molar-refractivity contribution in [2.24, 2.45) is 0 Å². The summed E-state index contributed by atoms with van der Waals surface area (Å²) in [4.78, 5) is 14.2. The normalized spacial score (nSPS) is 16.9. The number of hydrogen-bond acceptors (Lipinski definition) is 1. The van der Waals surface area contributed by atoms with Crippen molar-refractivity contribution in [3.8, 4) is 0 Å². The lowest BCUT2D eigenvalue weighted by Gasteiger charge is -1.95. The number of hydrogen-bond donors (Lipinski definition) is 2. The van der Waals surface area contributed by atoms with Gasteiger partial charge in [0.2, 0.25) is 0 Å². The highest BCUT2D eigenvalue weighted by Gasteiger charge is 2.14. The molecule has 3 nitrogen and oxygen atoms in total. The first-order valence-corrected chi connectivity index (χ1v) is 3.82. The summed E-state index contributed by atoms with van der Waals surface area (Å²) < 4.78 is 0. The van der Waals surface area contributed by atoms with Gasteiger partial charge in [-0.05, 0) is 18.4 Å². The Labute approximate surface area is 64.8 Å². The van der Waals surface area contributed by atoms with Crippen LogP contribution in [0.3, 0.4) is 0 Å². The van der Waals surface area contributed by atoms with Crippen molar-refractivity contribution in [2.45, 2.75) is 12.8 Å². The molecule has 0 fully saturated rings. The van der Waals surface area contributed by atoms with Crippen LogP contribution < -0.4 is 5.32 Å². The smallest absolute Gasteiger partial charge is 0.253 e. The molecule has 0 radical (unpaired) electrons. The summed E-state index contributed by atoms with van der Waals surface area (Å²) in [7, 11) is 0. The molecule has 0 spiro atoms. The number of rotatable bonds is 0. The van der Waals surface area contributed by atoms with Crippen LogP contribution in [0.15, 0.2) is 12.4 Å². The molecule has 58 valence electrons. The predicted octanol–water partition coefficient (Wildman–Crippen LogP) is 0.691. The summed E-state index contributed by atoms with van der Waals surface area (Å²) in [5.74, 6) is 0.0544. The Morgan fingerprint density at radius 2 is 2.27 bits per heavy atom. The summed E-state index contributed by atoms with van der Waals surface area (Å²) in [5.41, 5.74) is 1.95. The van der Waals surface area contributed by atoms with Gasteiger partial charge < -0.3 is 10.3 Å². The molecule has 0 bridgehead atoms. The van der Waals surface area contributed by atoms with Crippen molar-refractivity contribution in [1.29, 1.82) is 0 Å². The van der Waals surface area contributed by atoms with E-state index in [0.717, 1.165) is 30.5 Å². The molecule has 1 amide bonds. The lowest BCUT2D eigenvalue weighted by Crippen LogP contribution is -2.22. The van der Waals surface area contributed by atoms with Gasteiger partial charge in [0.05, 0.1) is 5.56 Å². The maximum Gasteiger partial charge on any atom is 0.253 e. The van der Waals surface area contributed by atoms with Crippen molar-refractivity contribution in [2.75, 3.05) is 6.54 Å². The molecule has 0 aromatic carbocycles. The van der Waals surface area contributed by atoms with Crippen molar-refractivity contribution < 1.29 is 4.79 Å². The number of fused-ring (bicyclic) bond motifs is 1. The average molecular weight is 150 g/mol. The maximum absolute atomic E-state index is 11.2. The summed E-state index contributed by atoms with van der Waals surface area (Å²) in [6.45, 7) is 0.799. The largest absolute Gasteiger partial charge is 0.367 e. The second-order valence-corrected chi connectivity index (χ2v) is 2.75. The van der Waals surface area contributed by atoms with E-state index in [-0.39, 0.29) is 5.91 Å². The number of aromatic amines is 1. The zero-order chi connectivity index (χ0) is 7.68. The molecule has 1 aromatic rings. The van der Waals surface area contributed by atoms with E-state index < -0.39 is 0 Å². The van der Waals surface area contributed by atoms with E-state index in [1.165, 1.54) is 0 Å². The van der Waals surface area contributed by atoms with E-state index in [0.29, 0.717) is 0 Å². The number of aryl methyl sites for hydroxylation is 1. The summed E-state index contributed by atoms with van der Waals surface area (Å²) in [5, 5.41) is 2.83. The fourth-order valence-corrected chi connectivity index (χ4v) is 1.39. The van der Waals surface area contributed by atoms with Crippen LogP contribution in [0.4, 0.5) is 0 Å². The Bertz CT molecular complexity index is 277. The van der Waals surface area contributed by atoms with E-state index in [4.69, 9.17) is 0 Å². The van der Waals surface area contributed by atoms with E-state index in [1.807, 2.05) is 6.20 Å². The highest BCUT2D eigenvalue weighted by atomic mass is 16.1. The fourth-order valence-electron chi connectivity index (χ4n) is 1.39. The zero-order valence-electron chi connectivity index (χ0n) is 6.18. The fraction of sp³-hybridized carbons (Fsp3) is 0.375. The van der Waals surface area contributed by atoms with Crippen molar-refractivity contribution in [3.05, 3.63) is 23.5 Å². The van der Waals surface area contributed by atoms with Gasteiger partial charge in [0.15, 0.2) is 0 Å². The number of nitrogens with one attached hydrogen (secondary N) is 2. The minimum atomic E-state index is 0.0544. The van der Waals surface area contributed by atoms with Gasteiger partial charge >= 0.3 is 0 Å². The van der Waals surface area contributed by atoms with Gasteiger partial charge in [0, 0.05) is 18.9 Å². The molecule has 11 heavy (non-hydrogen) atoms. The van der Waals surface area contributed by atoms with Gasteiger partial charge in [-0.2, -0.15) is 0 Å². The topological polar surface area (TPSA) is 44.9 Å². The van der Waals surface area contributed by atoms with Crippen LogP contribution in [0.5, 0.6) is 0 Å². The van der Waals surface area contributed by atoms with Crippen molar-refractivity contribution in [1.82, 2.24) is 10.3 Å². The monoisotopic (exact) mass is 150 g/mol. The molecule has 0 atom stereocenters. The van der Waals surface area contributed by atoms with Crippen LogP contribution in [-0.2, 0) is 6.42 Å². The molecule has 2 rings (SSSR count). The molecule has 1 aliphatic heterocycles. The zero-order valence-corrected chi connectivity index (χ0v) is 6.18. The standard InChI is InChI=1S/C8H10N2O/c11-8-7-5-9-4-6(7)2-1-3-10-8/h4-5,9H,1-3H2,(H,10,11). The quantitative estimate of drug-likeness (QED) is 0.561. The molecular weight excluding hydrogens is 140 g/mol. The van der Waals surface area contributed by atoms with Crippen LogP contribution >= 0.6 is 0 Å². The molecule has 0 aliphatic carbocycles. The second kappa shape index (κ2) is 2.42. The van der Waals surface area contributed by atoms with Gasteiger partial charge in [-0.3, -0.25) is 4.79 Å². The third kappa shape index (κ3) is 1.02. The number of carbonyl (C=O) groups excluding carboxylic acids is 1. The van der Waals surface area contributed by atoms with E-state index in [1.54, 1.807) is 6.20 Å². The van der Waals surface area contributed by atoms with E-state index in [2.05, 4.69) is 10.3 Å². The average Bonchev–Trinajstić information content (AvgIpc) is 2.40. The highest BCUT2D eigenvalue weighted by molar-refractivity contribution is 5.95. The molecule has 0 unspecified atom stereocenters. The third-order valence-electron chi connectivity index (χ3n) is 1.98. The third-order valence-corrected chi connectivity index (χ3v) is 1.98. The van der Waals surface area contributed by atoms with Gasteiger partial charge in [0.25, 0.3) is 5.91 Å².